The summed E-state index contributed by atoms with van der Waals surface area (Å²) in [5.74, 6) is -0.607. The molecule has 0 radical (unpaired) electrons. The molecule has 21 heavy (non-hydrogen) atoms. The van der Waals surface area contributed by atoms with Crippen LogP contribution in [0.15, 0.2) is 30.6 Å². The molecule has 1 aromatic carbocycles. The zero-order valence-corrected chi connectivity index (χ0v) is 12.2. The number of nitrogens with zero attached hydrogens (tertiary/aromatic N) is 2. The summed E-state index contributed by atoms with van der Waals surface area (Å²) in [5, 5.41) is 6.74. The predicted molar refractivity (Wildman–Crippen MR) is 78.1 cm³/mol. The van der Waals surface area contributed by atoms with Gasteiger partial charge in [-0.05, 0) is 26.0 Å². The standard InChI is InChI=1S/C15H17N3O3/c1-10-4-11(2)6-12(5-10)15(20)17-13-7-16-18(8-13)9-14(19)21-3/h4-8H,9H2,1-3H3,(H,17,20). The number of hydrogen-bond acceptors (Lipinski definition) is 4. The topological polar surface area (TPSA) is 73.2 Å². The van der Waals surface area contributed by atoms with Gasteiger partial charge in [-0.1, -0.05) is 17.2 Å². The number of methoxy groups -OCH3 is 1. The number of esters is 1. The van der Waals surface area contributed by atoms with Crippen LogP contribution in [-0.2, 0) is 16.1 Å². The minimum atomic E-state index is -0.398. The van der Waals surface area contributed by atoms with Crippen molar-refractivity contribution in [2.24, 2.45) is 0 Å². The van der Waals surface area contributed by atoms with Gasteiger partial charge in [0, 0.05) is 11.8 Å². The number of hydrogen-bond donors (Lipinski definition) is 1. The second-order valence-electron chi connectivity index (χ2n) is 4.83. The molecule has 1 heterocycles. The summed E-state index contributed by atoms with van der Waals surface area (Å²) in [6.07, 6.45) is 3.07. The third-order valence-corrected chi connectivity index (χ3v) is 2.89. The minimum absolute atomic E-state index is 0.00984. The second-order valence-corrected chi connectivity index (χ2v) is 4.83. The molecule has 2 aromatic rings. The minimum Gasteiger partial charge on any atom is -0.468 e. The SMILES string of the molecule is COC(=O)Cn1cc(NC(=O)c2cc(C)cc(C)c2)cn1. The fourth-order valence-corrected chi connectivity index (χ4v) is 2.02. The Labute approximate surface area is 122 Å². The van der Waals surface area contributed by atoms with Crippen molar-refractivity contribution in [2.45, 2.75) is 20.4 Å². The molecule has 0 saturated heterocycles. The number of aromatic nitrogens is 2. The first-order valence-electron chi connectivity index (χ1n) is 6.47. The highest BCUT2D eigenvalue weighted by atomic mass is 16.5. The summed E-state index contributed by atoms with van der Waals surface area (Å²) in [7, 11) is 1.31. The first kappa shape index (κ1) is 14.8. The fourth-order valence-electron chi connectivity index (χ4n) is 2.02. The molecule has 0 fully saturated rings. The van der Waals surface area contributed by atoms with E-state index in [4.69, 9.17) is 0 Å². The molecule has 1 N–H and O–H groups in total. The number of ether oxygens (including phenoxy) is 1. The quantitative estimate of drug-likeness (QED) is 0.872. The van der Waals surface area contributed by atoms with Gasteiger partial charge >= 0.3 is 5.97 Å². The van der Waals surface area contributed by atoms with Crippen LogP contribution in [0.1, 0.15) is 21.5 Å². The summed E-state index contributed by atoms with van der Waals surface area (Å²) in [6.45, 7) is 3.90. The molecule has 0 aliphatic rings. The molecule has 0 aliphatic carbocycles. The van der Waals surface area contributed by atoms with Gasteiger partial charge in [-0.3, -0.25) is 14.3 Å². The number of rotatable bonds is 4. The van der Waals surface area contributed by atoms with Gasteiger partial charge in [0.25, 0.3) is 5.91 Å². The van der Waals surface area contributed by atoms with E-state index in [1.54, 1.807) is 6.20 Å². The molecule has 0 spiro atoms. The number of nitrogens with one attached hydrogen (secondary N) is 1. The molecule has 1 amide bonds. The maximum atomic E-state index is 12.2. The summed E-state index contributed by atoms with van der Waals surface area (Å²) < 4.78 is 5.96. The van der Waals surface area contributed by atoms with Crippen LogP contribution in [0.4, 0.5) is 5.69 Å². The van der Waals surface area contributed by atoms with Crippen molar-refractivity contribution >= 4 is 17.6 Å². The van der Waals surface area contributed by atoms with Gasteiger partial charge in [0.1, 0.15) is 6.54 Å². The van der Waals surface area contributed by atoms with E-state index in [1.165, 1.54) is 18.0 Å². The molecular formula is C15H17N3O3. The first-order valence-corrected chi connectivity index (χ1v) is 6.47. The van der Waals surface area contributed by atoms with Crippen molar-refractivity contribution < 1.29 is 14.3 Å². The van der Waals surface area contributed by atoms with E-state index >= 15 is 0 Å². The Morgan fingerprint density at radius 2 is 1.90 bits per heavy atom. The molecule has 6 nitrogen and oxygen atoms in total. The van der Waals surface area contributed by atoms with Crippen molar-refractivity contribution in [2.75, 3.05) is 12.4 Å². The fraction of sp³-hybridized carbons (Fsp3) is 0.267. The lowest BCUT2D eigenvalue weighted by Crippen LogP contribution is -2.13. The molecule has 0 saturated carbocycles. The van der Waals surface area contributed by atoms with Crippen molar-refractivity contribution in [3.05, 3.63) is 47.3 Å². The van der Waals surface area contributed by atoms with Crippen molar-refractivity contribution in [1.29, 1.82) is 0 Å². The van der Waals surface area contributed by atoms with Gasteiger partial charge in [0.05, 0.1) is 19.0 Å². The molecule has 0 aliphatic heterocycles. The number of amides is 1. The normalized spacial score (nSPS) is 10.2. The zero-order chi connectivity index (χ0) is 15.4. The van der Waals surface area contributed by atoms with Crippen LogP contribution in [-0.4, -0.2) is 28.8 Å². The Hall–Kier alpha value is -2.63. The molecule has 0 atom stereocenters. The highest BCUT2D eigenvalue weighted by Crippen LogP contribution is 2.12. The molecule has 2 rings (SSSR count). The number of anilines is 1. The molecule has 0 bridgehead atoms. The van der Waals surface area contributed by atoms with Crippen LogP contribution < -0.4 is 5.32 Å². The lowest BCUT2D eigenvalue weighted by atomic mass is 10.1. The van der Waals surface area contributed by atoms with E-state index < -0.39 is 5.97 Å². The van der Waals surface area contributed by atoms with Gasteiger partial charge in [-0.15, -0.1) is 0 Å². The smallest absolute Gasteiger partial charge is 0.327 e. The van der Waals surface area contributed by atoms with Crippen LogP contribution in [0.2, 0.25) is 0 Å². The third-order valence-electron chi connectivity index (χ3n) is 2.89. The van der Waals surface area contributed by atoms with E-state index in [9.17, 15) is 9.59 Å². The maximum absolute atomic E-state index is 12.2. The number of carbonyl (C=O) groups is 2. The van der Waals surface area contributed by atoms with Gasteiger partial charge in [-0.25, -0.2) is 0 Å². The van der Waals surface area contributed by atoms with Gasteiger partial charge < -0.3 is 10.1 Å². The molecule has 6 heteroatoms. The average Bonchev–Trinajstić information content (AvgIpc) is 2.84. The predicted octanol–water partition coefficient (Wildman–Crippen LogP) is 1.93. The largest absolute Gasteiger partial charge is 0.468 e. The summed E-state index contributed by atoms with van der Waals surface area (Å²) >= 11 is 0. The zero-order valence-electron chi connectivity index (χ0n) is 12.2. The van der Waals surface area contributed by atoms with E-state index in [0.29, 0.717) is 11.3 Å². The average molecular weight is 287 g/mol. The van der Waals surface area contributed by atoms with E-state index in [0.717, 1.165) is 11.1 Å². The van der Waals surface area contributed by atoms with E-state index in [2.05, 4.69) is 15.2 Å². The van der Waals surface area contributed by atoms with E-state index in [-0.39, 0.29) is 12.5 Å². The summed E-state index contributed by atoms with van der Waals surface area (Å²) in [5.41, 5.74) is 3.18. The Bertz CT molecular complexity index is 656. The highest BCUT2D eigenvalue weighted by Gasteiger charge is 2.10. The number of carbonyl (C=O) groups excluding carboxylic acids is 2. The van der Waals surface area contributed by atoms with Crippen LogP contribution in [0.5, 0.6) is 0 Å². The Morgan fingerprint density at radius 3 is 2.52 bits per heavy atom. The Balaban J connectivity index is 2.07. The van der Waals surface area contributed by atoms with Gasteiger partial charge in [0.15, 0.2) is 0 Å². The van der Waals surface area contributed by atoms with Crippen LogP contribution in [0.3, 0.4) is 0 Å². The Kier molecular flexibility index (Phi) is 4.37. The second kappa shape index (κ2) is 6.21. The monoisotopic (exact) mass is 287 g/mol. The first-order chi connectivity index (χ1) is 9.97. The molecule has 0 unspecified atom stereocenters. The summed E-state index contributed by atoms with van der Waals surface area (Å²) in [4.78, 5) is 23.3. The van der Waals surface area contributed by atoms with Crippen LogP contribution >= 0.6 is 0 Å². The summed E-state index contributed by atoms with van der Waals surface area (Å²) in [6, 6.07) is 5.65. The third kappa shape index (κ3) is 3.92. The van der Waals surface area contributed by atoms with E-state index in [1.807, 2.05) is 32.0 Å². The maximum Gasteiger partial charge on any atom is 0.327 e. The number of benzene rings is 1. The Morgan fingerprint density at radius 1 is 1.24 bits per heavy atom. The van der Waals surface area contributed by atoms with Gasteiger partial charge in [0.2, 0.25) is 0 Å². The molecule has 110 valence electrons. The van der Waals surface area contributed by atoms with Crippen molar-refractivity contribution in [1.82, 2.24) is 9.78 Å². The van der Waals surface area contributed by atoms with Crippen LogP contribution in [0.25, 0.3) is 0 Å². The molecule has 1 aromatic heterocycles. The lowest BCUT2D eigenvalue weighted by Gasteiger charge is -2.05. The van der Waals surface area contributed by atoms with Crippen molar-refractivity contribution in [3.63, 3.8) is 0 Å². The van der Waals surface area contributed by atoms with Crippen molar-refractivity contribution in [3.8, 4) is 0 Å². The lowest BCUT2D eigenvalue weighted by molar-refractivity contribution is -0.141. The van der Waals surface area contributed by atoms with Crippen LogP contribution in [0, 0.1) is 13.8 Å². The molecular weight excluding hydrogens is 270 g/mol. The van der Waals surface area contributed by atoms with Gasteiger partial charge in [-0.2, -0.15) is 5.10 Å². The highest BCUT2D eigenvalue weighted by molar-refractivity contribution is 6.04. The number of aryl methyl sites for hydroxylation is 2.